The van der Waals surface area contributed by atoms with Crippen LogP contribution in [0.4, 0.5) is 5.69 Å². The van der Waals surface area contributed by atoms with Gasteiger partial charge in [-0.05, 0) is 24.3 Å². The second-order valence-corrected chi connectivity index (χ2v) is 5.44. The van der Waals surface area contributed by atoms with Gasteiger partial charge in [-0.2, -0.15) is 0 Å². The Morgan fingerprint density at radius 3 is 2.70 bits per heavy atom. The van der Waals surface area contributed by atoms with Crippen molar-refractivity contribution < 1.29 is 4.79 Å². The highest BCUT2D eigenvalue weighted by atomic mass is 32.2. The van der Waals surface area contributed by atoms with Crippen molar-refractivity contribution in [3.63, 3.8) is 0 Å². The number of nitrogens with two attached hydrogens (primary N) is 1. The number of rotatable bonds is 6. The van der Waals surface area contributed by atoms with Gasteiger partial charge in [-0.1, -0.05) is 18.2 Å². The van der Waals surface area contributed by atoms with Gasteiger partial charge in [-0.3, -0.25) is 9.78 Å². The molecule has 0 spiro atoms. The number of nitrogen functional groups attached to an aromatic ring is 1. The summed E-state index contributed by atoms with van der Waals surface area (Å²) >= 11 is 1.72. The SMILES string of the molecule is Nc1ccc(CC(=O)NCCSc2ccccc2)nc1. The largest absolute Gasteiger partial charge is 0.397 e. The maximum Gasteiger partial charge on any atom is 0.226 e. The van der Waals surface area contributed by atoms with Crippen LogP contribution in [0.2, 0.25) is 0 Å². The van der Waals surface area contributed by atoms with Crippen LogP contribution in [-0.4, -0.2) is 23.2 Å². The first-order chi connectivity index (χ1) is 9.74. The molecule has 20 heavy (non-hydrogen) atoms. The molecule has 5 heteroatoms. The first kappa shape index (κ1) is 14.4. The molecule has 2 aromatic rings. The summed E-state index contributed by atoms with van der Waals surface area (Å²) in [6, 6.07) is 13.6. The number of thioether (sulfide) groups is 1. The molecule has 0 aliphatic heterocycles. The molecule has 1 aromatic heterocycles. The van der Waals surface area contributed by atoms with Crippen molar-refractivity contribution in [3.05, 3.63) is 54.4 Å². The Morgan fingerprint density at radius 2 is 2.00 bits per heavy atom. The van der Waals surface area contributed by atoms with Crippen molar-refractivity contribution in [2.75, 3.05) is 18.0 Å². The molecule has 1 heterocycles. The van der Waals surface area contributed by atoms with Gasteiger partial charge in [0.2, 0.25) is 5.91 Å². The average Bonchev–Trinajstić information content (AvgIpc) is 2.47. The van der Waals surface area contributed by atoms with Gasteiger partial charge in [-0.15, -0.1) is 11.8 Å². The molecule has 0 atom stereocenters. The summed E-state index contributed by atoms with van der Waals surface area (Å²) < 4.78 is 0. The van der Waals surface area contributed by atoms with Gasteiger partial charge >= 0.3 is 0 Å². The van der Waals surface area contributed by atoms with E-state index in [1.165, 1.54) is 4.90 Å². The number of benzene rings is 1. The van der Waals surface area contributed by atoms with Crippen LogP contribution >= 0.6 is 11.8 Å². The monoisotopic (exact) mass is 287 g/mol. The van der Waals surface area contributed by atoms with Crippen LogP contribution in [0, 0.1) is 0 Å². The smallest absolute Gasteiger partial charge is 0.226 e. The van der Waals surface area contributed by atoms with Crippen molar-refractivity contribution in [1.29, 1.82) is 0 Å². The number of hydrogen-bond acceptors (Lipinski definition) is 4. The molecule has 0 unspecified atom stereocenters. The van der Waals surface area contributed by atoms with E-state index < -0.39 is 0 Å². The van der Waals surface area contributed by atoms with Crippen LogP contribution in [-0.2, 0) is 11.2 Å². The number of pyridine rings is 1. The van der Waals surface area contributed by atoms with E-state index in [1.807, 2.05) is 18.2 Å². The predicted molar refractivity (Wildman–Crippen MR) is 82.5 cm³/mol. The quantitative estimate of drug-likeness (QED) is 0.631. The third-order valence-electron chi connectivity index (χ3n) is 2.63. The summed E-state index contributed by atoms with van der Waals surface area (Å²) in [7, 11) is 0. The molecule has 1 amide bonds. The highest BCUT2D eigenvalue weighted by Gasteiger charge is 2.03. The second kappa shape index (κ2) is 7.55. The van der Waals surface area contributed by atoms with Gasteiger partial charge in [0.15, 0.2) is 0 Å². The van der Waals surface area contributed by atoms with Crippen molar-refractivity contribution in [2.45, 2.75) is 11.3 Å². The highest BCUT2D eigenvalue weighted by Crippen LogP contribution is 2.15. The Balaban J connectivity index is 1.66. The summed E-state index contributed by atoms with van der Waals surface area (Å²) in [5.74, 6) is 0.834. The second-order valence-electron chi connectivity index (χ2n) is 4.27. The fraction of sp³-hybridized carbons (Fsp3) is 0.200. The fourth-order valence-electron chi connectivity index (χ4n) is 1.64. The average molecular weight is 287 g/mol. The van der Waals surface area contributed by atoms with Crippen molar-refractivity contribution in [1.82, 2.24) is 10.3 Å². The molecule has 0 saturated heterocycles. The molecule has 0 fully saturated rings. The Hall–Kier alpha value is -2.01. The Kier molecular flexibility index (Phi) is 5.43. The number of carbonyl (C=O) groups is 1. The number of anilines is 1. The summed E-state index contributed by atoms with van der Waals surface area (Å²) in [6.07, 6.45) is 1.85. The van der Waals surface area contributed by atoms with Gasteiger partial charge < -0.3 is 11.1 Å². The van der Waals surface area contributed by atoms with Crippen LogP contribution < -0.4 is 11.1 Å². The molecule has 104 valence electrons. The van der Waals surface area contributed by atoms with E-state index in [2.05, 4.69) is 22.4 Å². The lowest BCUT2D eigenvalue weighted by atomic mass is 10.2. The summed E-state index contributed by atoms with van der Waals surface area (Å²) in [4.78, 5) is 17.0. The predicted octanol–water partition coefficient (Wildman–Crippen LogP) is 2.11. The van der Waals surface area contributed by atoms with E-state index in [0.717, 1.165) is 11.4 Å². The van der Waals surface area contributed by atoms with Gasteiger partial charge in [0.05, 0.1) is 18.3 Å². The minimum atomic E-state index is -0.0177. The summed E-state index contributed by atoms with van der Waals surface area (Å²) in [5, 5.41) is 2.88. The maximum absolute atomic E-state index is 11.7. The fourth-order valence-corrected chi connectivity index (χ4v) is 2.43. The number of aromatic nitrogens is 1. The number of nitrogens with one attached hydrogen (secondary N) is 1. The van der Waals surface area contributed by atoms with Gasteiger partial charge in [0, 0.05) is 22.9 Å². The molecule has 4 nitrogen and oxygen atoms in total. The zero-order chi connectivity index (χ0) is 14.2. The molecule has 0 aliphatic carbocycles. The zero-order valence-corrected chi connectivity index (χ0v) is 11.9. The van der Waals surface area contributed by atoms with Crippen LogP contribution in [0.15, 0.2) is 53.6 Å². The minimum Gasteiger partial charge on any atom is -0.397 e. The lowest BCUT2D eigenvalue weighted by Gasteiger charge is -2.05. The molecule has 0 saturated carbocycles. The zero-order valence-electron chi connectivity index (χ0n) is 11.1. The molecule has 2 rings (SSSR count). The van der Waals surface area contributed by atoms with Gasteiger partial charge in [0.25, 0.3) is 0 Å². The van der Waals surface area contributed by atoms with Gasteiger partial charge in [0.1, 0.15) is 0 Å². The lowest BCUT2D eigenvalue weighted by molar-refractivity contribution is -0.120. The Labute approximate surface area is 122 Å². The molecular weight excluding hydrogens is 270 g/mol. The number of carbonyl (C=O) groups excluding carboxylic acids is 1. The Morgan fingerprint density at radius 1 is 1.20 bits per heavy atom. The van der Waals surface area contributed by atoms with E-state index in [0.29, 0.717) is 12.2 Å². The normalized spacial score (nSPS) is 10.2. The minimum absolute atomic E-state index is 0.0177. The van der Waals surface area contributed by atoms with E-state index >= 15 is 0 Å². The van der Waals surface area contributed by atoms with E-state index in [1.54, 1.807) is 30.1 Å². The van der Waals surface area contributed by atoms with E-state index in [4.69, 9.17) is 5.73 Å². The van der Waals surface area contributed by atoms with Crippen LogP contribution in [0.1, 0.15) is 5.69 Å². The first-order valence-corrected chi connectivity index (χ1v) is 7.37. The molecule has 3 N–H and O–H groups in total. The standard InChI is InChI=1S/C15H17N3OS/c16-12-6-7-13(18-11-12)10-15(19)17-8-9-20-14-4-2-1-3-5-14/h1-7,11H,8-10,16H2,(H,17,19). The number of nitrogens with zero attached hydrogens (tertiary/aromatic N) is 1. The molecule has 1 aromatic carbocycles. The van der Waals surface area contributed by atoms with Crippen LogP contribution in [0.25, 0.3) is 0 Å². The van der Waals surface area contributed by atoms with E-state index in [9.17, 15) is 4.79 Å². The van der Waals surface area contributed by atoms with Gasteiger partial charge in [-0.25, -0.2) is 0 Å². The number of hydrogen-bond donors (Lipinski definition) is 2. The maximum atomic E-state index is 11.7. The highest BCUT2D eigenvalue weighted by molar-refractivity contribution is 7.99. The molecular formula is C15H17N3OS. The van der Waals surface area contributed by atoms with Crippen molar-refractivity contribution in [3.8, 4) is 0 Å². The summed E-state index contributed by atoms with van der Waals surface area (Å²) in [6.45, 7) is 0.646. The lowest BCUT2D eigenvalue weighted by Crippen LogP contribution is -2.27. The third kappa shape index (κ3) is 4.93. The van der Waals surface area contributed by atoms with Crippen molar-refractivity contribution >= 4 is 23.4 Å². The topological polar surface area (TPSA) is 68.0 Å². The molecule has 0 bridgehead atoms. The molecule has 0 radical (unpaired) electrons. The first-order valence-electron chi connectivity index (χ1n) is 6.39. The third-order valence-corrected chi connectivity index (χ3v) is 3.64. The van der Waals surface area contributed by atoms with Crippen LogP contribution in [0.5, 0.6) is 0 Å². The van der Waals surface area contributed by atoms with E-state index in [-0.39, 0.29) is 12.3 Å². The van der Waals surface area contributed by atoms with Crippen LogP contribution in [0.3, 0.4) is 0 Å². The number of amides is 1. The van der Waals surface area contributed by atoms with Crippen molar-refractivity contribution in [2.24, 2.45) is 0 Å². The Bertz CT molecular complexity index is 543. The summed E-state index contributed by atoms with van der Waals surface area (Å²) in [5.41, 5.74) is 6.88. The molecule has 0 aliphatic rings.